The van der Waals surface area contributed by atoms with Crippen molar-refractivity contribution in [1.82, 2.24) is 0 Å². The van der Waals surface area contributed by atoms with Gasteiger partial charge in [-0.1, -0.05) is 80.3 Å². The van der Waals surface area contributed by atoms with E-state index in [1.807, 2.05) is 0 Å². The van der Waals surface area contributed by atoms with E-state index in [2.05, 4.69) is 108 Å². The zero-order valence-corrected chi connectivity index (χ0v) is 30.1. The Morgan fingerprint density at radius 3 is 2.00 bits per heavy atom. The van der Waals surface area contributed by atoms with Crippen LogP contribution in [0.5, 0.6) is 17.2 Å². The molecule has 3 aliphatic rings. The maximum atomic E-state index is 7.39. The van der Waals surface area contributed by atoms with Crippen molar-refractivity contribution in [3.05, 3.63) is 22.2 Å². The number of hydrogen-bond acceptors (Lipinski definition) is 3. The summed E-state index contributed by atoms with van der Waals surface area (Å²) in [5, 5.41) is 0.720. The minimum Gasteiger partial charge on any atom is -0.541 e. The summed E-state index contributed by atoms with van der Waals surface area (Å²) in [6.45, 7) is 32.5. The Balaban J connectivity index is 1.92. The lowest BCUT2D eigenvalue weighted by molar-refractivity contribution is -0.0516. The second-order valence-corrected chi connectivity index (χ2v) is 26.7. The van der Waals surface area contributed by atoms with Crippen molar-refractivity contribution < 1.29 is 13.6 Å². The van der Waals surface area contributed by atoms with E-state index in [1.165, 1.54) is 31.3 Å². The Hall–Kier alpha value is -0.916. The summed E-state index contributed by atoms with van der Waals surface area (Å²) in [4.78, 5) is 0. The Morgan fingerprint density at radius 2 is 1.44 bits per heavy atom. The molecular formula is C33H55ClO3Si2. The van der Waals surface area contributed by atoms with Gasteiger partial charge in [0.25, 0.3) is 16.6 Å². The van der Waals surface area contributed by atoms with Gasteiger partial charge in [0, 0.05) is 11.6 Å². The first-order valence-corrected chi connectivity index (χ1v) is 21.3. The molecule has 3 nitrogen and oxygen atoms in total. The number of fused-ring (bicyclic) bond motifs is 4. The van der Waals surface area contributed by atoms with Crippen LogP contribution < -0.4 is 13.6 Å². The lowest BCUT2D eigenvalue weighted by atomic mass is 9.47. The molecule has 0 saturated heterocycles. The molecule has 0 radical (unpaired) electrons. The molecule has 1 unspecified atom stereocenters. The smallest absolute Gasteiger partial charge is 0.250 e. The van der Waals surface area contributed by atoms with Gasteiger partial charge in [0.2, 0.25) is 0 Å². The molecule has 1 aromatic rings. The number of benzene rings is 1. The quantitative estimate of drug-likeness (QED) is 0.326. The predicted molar refractivity (Wildman–Crippen MR) is 173 cm³/mol. The van der Waals surface area contributed by atoms with E-state index in [0.29, 0.717) is 22.1 Å². The molecule has 6 heteroatoms. The number of hydrogen-bond donors (Lipinski definition) is 0. The van der Waals surface area contributed by atoms with Gasteiger partial charge in [-0.2, -0.15) is 0 Å². The highest BCUT2D eigenvalue weighted by molar-refractivity contribution is 6.75. The van der Waals surface area contributed by atoms with Gasteiger partial charge in [0.05, 0.1) is 5.02 Å². The van der Waals surface area contributed by atoms with E-state index in [0.717, 1.165) is 23.5 Å². The molecule has 1 aromatic carbocycles. The van der Waals surface area contributed by atoms with Gasteiger partial charge in [-0.3, -0.25) is 0 Å². The first-order chi connectivity index (χ1) is 17.5. The normalized spacial score (nSPS) is 28.9. The molecule has 1 aliphatic heterocycles. The van der Waals surface area contributed by atoms with Crippen molar-refractivity contribution >= 4 is 34.3 Å². The minimum atomic E-state index is -2.20. The van der Waals surface area contributed by atoms with E-state index in [4.69, 9.17) is 25.2 Å². The summed E-state index contributed by atoms with van der Waals surface area (Å²) >= 11 is 7.39. The zero-order valence-electron chi connectivity index (χ0n) is 27.4. The molecular weight excluding hydrogens is 536 g/mol. The molecule has 0 N–H and O–H groups in total. The van der Waals surface area contributed by atoms with Gasteiger partial charge in [-0.05, 0) is 97.3 Å². The number of halogens is 1. The van der Waals surface area contributed by atoms with Crippen molar-refractivity contribution in [1.29, 1.82) is 0 Å². The Morgan fingerprint density at radius 1 is 0.872 bits per heavy atom. The van der Waals surface area contributed by atoms with E-state index in [-0.39, 0.29) is 21.1 Å². The summed E-state index contributed by atoms with van der Waals surface area (Å²) in [5.74, 6) is 2.93. The van der Waals surface area contributed by atoms with Crippen molar-refractivity contribution in [2.45, 2.75) is 143 Å². The summed E-state index contributed by atoms with van der Waals surface area (Å²) < 4.78 is 21.0. The van der Waals surface area contributed by atoms with Crippen LogP contribution in [0.25, 0.3) is 6.08 Å². The summed E-state index contributed by atoms with van der Waals surface area (Å²) in [6.07, 6.45) is 8.38. The first-order valence-electron chi connectivity index (χ1n) is 15.1. The van der Waals surface area contributed by atoms with Crippen LogP contribution in [0.15, 0.2) is 11.6 Å². The molecule has 0 spiro atoms. The molecule has 2 aliphatic carbocycles. The minimum absolute atomic E-state index is 0.0335. The second kappa shape index (κ2) is 9.29. The molecule has 4 rings (SSSR count). The van der Waals surface area contributed by atoms with Crippen molar-refractivity contribution in [2.24, 2.45) is 16.7 Å². The molecule has 39 heavy (non-hydrogen) atoms. The van der Waals surface area contributed by atoms with Crippen LogP contribution in [-0.2, 0) is 0 Å². The van der Waals surface area contributed by atoms with Crippen LogP contribution >= 0.6 is 11.6 Å². The Kier molecular flexibility index (Phi) is 7.39. The van der Waals surface area contributed by atoms with E-state index >= 15 is 0 Å². The molecule has 0 aromatic heterocycles. The molecule has 220 valence electrons. The SMILES string of the molecule is CC12CC[C@H]3C(C)(C)CCC[C@]3(C)C1=Cc1c(cc(O[Si](C)(C)C(C)(C)C)c(O[Si](C)(C)C(C)(C)C)c1Cl)O2. The third kappa shape index (κ3) is 5.16. The summed E-state index contributed by atoms with van der Waals surface area (Å²) in [5.41, 5.74) is 2.49. The zero-order chi connectivity index (χ0) is 29.6. The average molecular weight is 591 g/mol. The second-order valence-electron chi connectivity index (χ2n) is 16.9. The lowest BCUT2D eigenvalue weighted by Gasteiger charge is -2.60. The maximum Gasteiger partial charge on any atom is 0.250 e. The fourth-order valence-corrected chi connectivity index (χ4v) is 9.32. The van der Waals surface area contributed by atoms with E-state index in [9.17, 15) is 0 Å². The summed E-state index contributed by atoms with van der Waals surface area (Å²) in [6, 6.07) is 2.10. The average Bonchev–Trinajstić information content (AvgIpc) is 2.73. The number of ether oxygens (including phenoxy) is 1. The number of rotatable bonds is 4. The van der Waals surface area contributed by atoms with Gasteiger partial charge in [0.1, 0.15) is 11.4 Å². The van der Waals surface area contributed by atoms with E-state index in [1.54, 1.807) is 0 Å². The first kappa shape index (κ1) is 31.0. The summed E-state index contributed by atoms with van der Waals surface area (Å²) in [7, 11) is -4.36. The van der Waals surface area contributed by atoms with Gasteiger partial charge >= 0.3 is 0 Å². The molecule has 1 heterocycles. The van der Waals surface area contributed by atoms with Crippen LogP contribution in [0.2, 0.25) is 41.3 Å². The lowest BCUT2D eigenvalue weighted by Crippen LogP contribution is -2.55. The highest BCUT2D eigenvalue weighted by Gasteiger charge is 2.57. The standard InChI is InChI=1S/C33H55ClO3Si2/c1-29(2,3)38(11,12)36-24-21-23-22(27(34)28(24)37-39(13,14)30(4,5)6)20-26-32(9)18-15-17-31(7,8)25(32)16-19-33(26,10)35-23/h20-21,25H,15-19H2,1-14H3/t25-,32-,33?/m0/s1. The predicted octanol–water partition coefficient (Wildman–Crippen LogP) is 11.3. The van der Waals surface area contributed by atoms with Crippen LogP contribution in [0, 0.1) is 16.7 Å². The van der Waals surface area contributed by atoms with Crippen LogP contribution in [-0.4, -0.2) is 22.2 Å². The van der Waals surface area contributed by atoms with Crippen LogP contribution in [0.3, 0.4) is 0 Å². The molecule has 0 bridgehead atoms. The topological polar surface area (TPSA) is 27.7 Å². The largest absolute Gasteiger partial charge is 0.541 e. The third-order valence-corrected chi connectivity index (χ3v) is 20.5. The molecule has 2 saturated carbocycles. The molecule has 3 atom stereocenters. The van der Waals surface area contributed by atoms with E-state index < -0.39 is 16.6 Å². The van der Waals surface area contributed by atoms with Crippen molar-refractivity contribution in [3.8, 4) is 17.2 Å². The maximum absolute atomic E-state index is 7.39. The van der Waals surface area contributed by atoms with Crippen LogP contribution in [0.4, 0.5) is 0 Å². The van der Waals surface area contributed by atoms with Crippen LogP contribution in [0.1, 0.15) is 107 Å². The van der Waals surface area contributed by atoms with Crippen molar-refractivity contribution in [2.75, 3.05) is 0 Å². The monoisotopic (exact) mass is 590 g/mol. The molecule has 0 amide bonds. The van der Waals surface area contributed by atoms with Gasteiger partial charge in [0.15, 0.2) is 11.5 Å². The van der Waals surface area contributed by atoms with Crippen molar-refractivity contribution in [3.63, 3.8) is 0 Å². The van der Waals surface area contributed by atoms with Gasteiger partial charge in [-0.25, -0.2) is 0 Å². The fourth-order valence-electron chi connectivity index (χ4n) is 6.95. The fraction of sp³-hybridized carbons (Fsp3) is 0.758. The van der Waals surface area contributed by atoms with Gasteiger partial charge in [-0.15, -0.1) is 0 Å². The highest BCUT2D eigenvalue weighted by atomic mass is 35.5. The van der Waals surface area contributed by atoms with Gasteiger partial charge < -0.3 is 13.6 Å². The highest BCUT2D eigenvalue weighted by Crippen LogP contribution is 2.65. The Labute approximate surface area is 246 Å². The third-order valence-electron chi connectivity index (χ3n) is 11.5. The molecule has 2 fully saturated rings. The Bertz CT molecular complexity index is 1170.